The Morgan fingerprint density at radius 2 is 1.75 bits per heavy atom. The van der Waals surface area contributed by atoms with Crippen molar-refractivity contribution in [3.63, 3.8) is 0 Å². The number of benzene rings is 1. The fraction of sp³-hybridized carbons (Fsp3) is 0. The molecule has 0 amide bonds. The molecular weight excluding hydrogens is 164 g/mol. The van der Waals surface area contributed by atoms with E-state index >= 15 is 0 Å². The maximum Gasteiger partial charge on any atom is 0.132 e. The van der Waals surface area contributed by atoms with E-state index in [2.05, 4.69) is 30.3 Å². The summed E-state index contributed by atoms with van der Waals surface area (Å²) in [7, 11) is -0.359. The summed E-state index contributed by atoms with van der Waals surface area (Å²) < 4.78 is 5.30. The number of hydrogen-bond donors (Lipinski definition) is 0. The lowest BCUT2D eigenvalue weighted by Crippen LogP contribution is -2.25. The summed E-state index contributed by atoms with van der Waals surface area (Å²) in [5.74, 6) is 0. The number of rotatable bonds is 2. The van der Waals surface area contributed by atoms with E-state index in [4.69, 9.17) is 4.42 Å². The van der Waals surface area contributed by atoms with Crippen LogP contribution >= 0.6 is 0 Å². The Morgan fingerprint density at radius 1 is 0.917 bits per heavy atom. The van der Waals surface area contributed by atoms with E-state index in [1.807, 2.05) is 12.1 Å². The largest absolute Gasteiger partial charge is 0.475 e. The van der Waals surface area contributed by atoms with Crippen LogP contribution < -0.4 is 10.6 Å². The molecule has 0 fully saturated rings. The summed E-state index contributed by atoms with van der Waals surface area (Å²) in [6, 6.07) is 14.5. The van der Waals surface area contributed by atoms with E-state index in [-0.39, 0.29) is 9.52 Å². The normalized spacial score (nSPS) is 11.0. The Hall–Kier alpha value is -1.28. The van der Waals surface area contributed by atoms with Crippen LogP contribution in [-0.4, -0.2) is 9.52 Å². The van der Waals surface area contributed by atoms with Crippen molar-refractivity contribution in [2.45, 2.75) is 0 Å². The highest BCUT2D eigenvalue weighted by Gasteiger charge is 1.97. The van der Waals surface area contributed by atoms with Gasteiger partial charge < -0.3 is 4.42 Å². The predicted octanol–water partition coefficient (Wildman–Crippen LogP) is 0.399. The van der Waals surface area contributed by atoms with Gasteiger partial charge in [-0.3, -0.25) is 0 Å². The van der Waals surface area contributed by atoms with Gasteiger partial charge in [-0.2, -0.15) is 0 Å². The van der Waals surface area contributed by atoms with E-state index in [1.165, 1.54) is 5.19 Å². The van der Waals surface area contributed by atoms with Crippen molar-refractivity contribution in [1.29, 1.82) is 0 Å². The molecule has 0 bridgehead atoms. The molecule has 1 heterocycles. The molecule has 0 saturated heterocycles. The number of furan rings is 1. The second-order valence-electron chi connectivity index (χ2n) is 2.74. The zero-order chi connectivity index (χ0) is 8.23. The monoisotopic (exact) mass is 174 g/mol. The molecule has 2 rings (SSSR count). The van der Waals surface area contributed by atoms with Gasteiger partial charge in [0.15, 0.2) is 0 Å². The molecule has 60 valence electrons. The van der Waals surface area contributed by atoms with Gasteiger partial charge in [0, 0.05) is 0 Å². The van der Waals surface area contributed by atoms with Gasteiger partial charge >= 0.3 is 0 Å². The van der Waals surface area contributed by atoms with Crippen LogP contribution in [0.1, 0.15) is 0 Å². The van der Waals surface area contributed by atoms with Crippen LogP contribution in [0.15, 0.2) is 53.1 Å². The van der Waals surface area contributed by atoms with Crippen LogP contribution in [0.5, 0.6) is 0 Å². The maximum absolute atomic E-state index is 5.30. The summed E-state index contributed by atoms with van der Waals surface area (Å²) in [5, 5.41) is 2.58. The average Bonchev–Trinajstić information content (AvgIpc) is 2.59. The van der Waals surface area contributed by atoms with Gasteiger partial charge in [0.2, 0.25) is 0 Å². The first kappa shape index (κ1) is 7.37. The highest BCUT2D eigenvalue weighted by atomic mass is 28.2. The Bertz CT molecular complexity index is 326. The van der Waals surface area contributed by atoms with Crippen molar-refractivity contribution >= 4 is 20.1 Å². The molecule has 2 heteroatoms. The Balaban J connectivity index is 2.15. The van der Waals surface area contributed by atoms with Crippen LogP contribution in [0, 0.1) is 0 Å². The Labute approximate surface area is 73.9 Å². The van der Waals surface area contributed by atoms with Crippen molar-refractivity contribution < 1.29 is 4.42 Å². The van der Waals surface area contributed by atoms with Crippen molar-refractivity contribution in [3.05, 3.63) is 48.7 Å². The van der Waals surface area contributed by atoms with E-state index in [1.54, 1.807) is 6.26 Å². The molecule has 0 atom stereocenters. The topological polar surface area (TPSA) is 13.1 Å². The Kier molecular flexibility index (Phi) is 2.09. The van der Waals surface area contributed by atoms with Crippen molar-refractivity contribution in [2.24, 2.45) is 0 Å². The number of hydrogen-bond acceptors (Lipinski definition) is 1. The van der Waals surface area contributed by atoms with Gasteiger partial charge in [-0.05, 0) is 12.1 Å². The van der Waals surface area contributed by atoms with E-state index in [0.717, 1.165) is 5.38 Å². The van der Waals surface area contributed by atoms with Gasteiger partial charge in [-0.15, -0.1) is 0 Å². The first-order valence-corrected chi connectivity index (χ1v) is 5.43. The van der Waals surface area contributed by atoms with E-state index < -0.39 is 0 Å². The second kappa shape index (κ2) is 3.41. The van der Waals surface area contributed by atoms with E-state index in [0.29, 0.717) is 0 Å². The minimum atomic E-state index is -0.359. The zero-order valence-corrected chi connectivity index (χ0v) is 8.15. The molecule has 1 aromatic carbocycles. The molecular formula is C10H10OSi. The smallest absolute Gasteiger partial charge is 0.132 e. The van der Waals surface area contributed by atoms with Crippen LogP contribution in [0.2, 0.25) is 0 Å². The lowest BCUT2D eigenvalue weighted by Gasteiger charge is -1.94. The summed E-state index contributed by atoms with van der Waals surface area (Å²) in [5.41, 5.74) is 0. The molecule has 0 aliphatic carbocycles. The molecule has 0 saturated carbocycles. The third kappa shape index (κ3) is 1.65. The van der Waals surface area contributed by atoms with Crippen molar-refractivity contribution in [2.75, 3.05) is 0 Å². The minimum absolute atomic E-state index is 0.359. The van der Waals surface area contributed by atoms with Crippen LogP contribution in [0.25, 0.3) is 0 Å². The van der Waals surface area contributed by atoms with Crippen LogP contribution in [0.3, 0.4) is 0 Å². The van der Waals surface area contributed by atoms with Gasteiger partial charge in [0.25, 0.3) is 0 Å². The molecule has 1 aromatic heterocycles. The second-order valence-corrected chi connectivity index (χ2v) is 4.61. The van der Waals surface area contributed by atoms with Crippen molar-refractivity contribution in [1.82, 2.24) is 0 Å². The fourth-order valence-electron chi connectivity index (χ4n) is 1.21. The van der Waals surface area contributed by atoms with Crippen LogP contribution in [0.4, 0.5) is 0 Å². The predicted molar refractivity (Wildman–Crippen MR) is 53.0 cm³/mol. The highest BCUT2D eigenvalue weighted by molar-refractivity contribution is 6.66. The zero-order valence-electron chi connectivity index (χ0n) is 6.73. The minimum Gasteiger partial charge on any atom is -0.475 e. The van der Waals surface area contributed by atoms with Crippen LogP contribution in [-0.2, 0) is 0 Å². The molecule has 0 aliphatic rings. The third-order valence-electron chi connectivity index (χ3n) is 1.80. The molecule has 0 radical (unpaired) electrons. The summed E-state index contributed by atoms with van der Waals surface area (Å²) in [6.45, 7) is 0. The highest BCUT2D eigenvalue weighted by Crippen LogP contribution is 1.84. The fourth-order valence-corrected chi connectivity index (χ4v) is 2.55. The lowest BCUT2D eigenvalue weighted by atomic mass is 10.4. The molecule has 0 unspecified atom stereocenters. The SMILES string of the molecule is c1ccc([SiH2]c2ccco2)cc1. The maximum atomic E-state index is 5.30. The summed E-state index contributed by atoms with van der Waals surface area (Å²) in [6.07, 6.45) is 1.74. The molecule has 1 nitrogen and oxygen atoms in total. The summed E-state index contributed by atoms with van der Waals surface area (Å²) >= 11 is 0. The Morgan fingerprint density at radius 3 is 2.42 bits per heavy atom. The van der Waals surface area contributed by atoms with Crippen molar-refractivity contribution in [3.8, 4) is 0 Å². The average molecular weight is 174 g/mol. The first-order valence-electron chi connectivity index (χ1n) is 4.01. The molecule has 0 spiro atoms. The quantitative estimate of drug-likeness (QED) is 0.601. The third-order valence-corrected chi connectivity index (χ3v) is 3.43. The standard InChI is InChI=1S/C10H10OSi/c1-2-5-9(6-3-1)12-10-7-4-8-11-10/h1-8H,12H2. The van der Waals surface area contributed by atoms with Gasteiger partial charge in [-0.1, -0.05) is 35.5 Å². The molecule has 12 heavy (non-hydrogen) atoms. The van der Waals surface area contributed by atoms with Gasteiger partial charge in [0.05, 0.1) is 11.6 Å². The molecule has 2 aromatic rings. The summed E-state index contributed by atoms with van der Waals surface area (Å²) in [4.78, 5) is 0. The van der Waals surface area contributed by atoms with E-state index in [9.17, 15) is 0 Å². The molecule has 0 aliphatic heterocycles. The van der Waals surface area contributed by atoms with Gasteiger partial charge in [0.1, 0.15) is 9.52 Å². The van der Waals surface area contributed by atoms with Gasteiger partial charge in [-0.25, -0.2) is 0 Å². The lowest BCUT2D eigenvalue weighted by molar-refractivity contribution is 0.601. The first-order chi connectivity index (χ1) is 5.95. The molecule has 0 N–H and O–H groups in total.